The lowest BCUT2D eigenvalue weighted by Crippen LogP contribution is -2.58. The average Bonchev–Trinajstić information content (AvgIpc) is 3.68. The molecular formula is C27H41N3O5. The van der Waals surface area contributed by atoms with E-state index in [0.717, 1.165) is 65.0 Å². The second-order valence-electron chi connectivity index (χ2n) is 12.2. The Bertz CT molecular complexity index is 895. The molecule has 5 fully saturated rings. The van der Waals surface area contributed by atoms with Crippen molar-refractivity contribution < 1.29 is 23.7 Å². The van der Waals surface area contributed by atoms with E-state index < -0.39 is 0 Å². The Balaban J connectivity index is 1.12. The van der Waals surface area contributed by atoms with Crippen LogP contribution in [0.3, 0.4) is 0 Å². The van der Waals surface area contributed by atoms with Crippen LogP contribution in [-0.2, 0) is 18.9 Å². The minimum absolute atomic E-state index is 0.0434. The third-order valence-corrected chi connectivity index (χ3v) is 8.97. The van der Waals surface area contributed by atoms with E-state index in [1.165, 1.54) is 5.57 Å². The van der Waals surface area contributed by atoms with Crippen LogP contribution >= 0.6 is 0 Å². The van der Waals surface area contributed by atoms with E-state index in [9.17, 15) is 4.79 Å². The van der Waals surface area contributed by atoms with Crippen LogP contribution in [0.5, 0.6) is 0 Å². The zero-order valence-electron chi connectivity index (χ0n) is 21.9. The summed E-state index contributed by atoms with van der Waals surface area (Å²) in [5.41, 5.74) is 0.577. The van der Waals surface area contributed by atoms with Gasteiger partial charge in [0.15, 0.2) is 0 Å². The van der Waals surface area contributed by atoms with Crippen LogP contribution < -0.4 is 0 Å². The topological polar surface area (TPSA) is 90.9 Å². The number of nitriles is 1. The number of nitrogens with zero attached hydrogens (tertiary/aromatic N) is 3. The number of hydrogen-bond donors (Lipinski definition) is 0. The summed E-state index contributed by atoms with van der Waals surface area (Å²) in [5.74, 6) is 0.549. The predicted molar refractivity (Wildman–Crippen MR) is 130 cm³/mol. The fraction of sp³-hybridized carbons (Fsp3) is 0.852. The Labute approximate surface area is 209 Å². The van der Waals surface area contributed by atoms with E-state index in [1.807, 2.05) is 11.8 Å². The van der Waals surface area contributed by atoms with Crippen molar-refractivity contribution in [2.75, 3.05) is 46.4 Å². The first-order valence-electron chi connectivity index (χ1n) is 13.2. The van der Waals surface area contributed by atoms with Gasteiger partial charge in [-0.1, -0.05) is 11.6 Å². The number of carbonyl (C=O) groups is 1. The standard InChI is InChI=1S/C27H41N3O5/c1-18(2)6-7-21-26(4,35-21)23-22(32-5)20(8-10-27(23)17-33-27)34-24(31)30-12-19(13-30)9-11-29-15-25(3,14-28)16-29/h6,19-23H,7-13,15-17H2,1-5H3/t20-,21-,22-,23-,26+,27+/m1/s1. The van der Waals surface area contributed by atoms with E-state index >= 15 is 0 Å². The Morgan fingerprint density at radius 3 is 2.57 bits per heavy atom. The number of allylic oxidation sites excluding steroid dienone is 1. The molecule has 1 aliphatic carbocycles. The first kappa shape index (κ1) is 25.0. The van der Waals surface area contributed by atoms with E-state index in [1.54, 1.807) is 7.11 Å². The maximum atomic E-state index is 13.0. The number of ether oxygens (including phenoxy) is 4. The van der Waals surface area contributed by atoms with Gasteiger partial charge in [-0.2, -0.15) is 5.26 Å². The molecule has 0 radical (unpaired) electrons. The molecule has 1 amide bonds. The second-order valence-corrected chi connectivity index (χ2v) is 12.2. The zero-order chi connectivity index (χ0) is 25.0. The number of amides is 1. The number of carbonyl (C=O) groups excluding carboxylic acids is 1. The van der Waals surface area contributed by atoms with Crippen molar-refractivity contribution in [2.45, 2.75) is 82.9 Å². The molecule has 4 heterocycles. The fourth-order valence-corrected chi connectivity index (χ4v) is 6.71. The molecule has 0 bridgehead atoms. The van der Waals surface area contributed by atoms with Crippen molar-refractivity contribution in [3.8, 4) is 6.07 Å². The molecule has 1 saturated carbocycles. The number of rotatable bonds is 8. The molecule has 0 aromatic carbocycles. The molecule has 8 heteroatoms. The van der Waals surface area contributed by atoms with Crippen LogP contribution in [0.15, 0.2) is 11.6 Å². The Morgan fingerprint density at radius 2 is 1.97 bits per heavy atom. The highest BCUT2D eigenvalue weighted by Crippen LogP contribution is 2.59. The Morgan fingerprint density at radius 1 is 1.26 bits per heavy atom. The summed E-state index contributed by atoms with van der Waals surface area (Å²) in [6.07, 6.45) is 5.16. The molecule has 8 nitrogen and oxygen atoms in total. The molecular weight excluding hydrogens is 446 g/mol. The van der Waals surface area contributed by atoms with Gasteiger partial charge in [-0.05, 0) is 65.8 Å². The normalized spacial score (nSPS) is 39.8. The highest BCUT2D eigenvalue weighted by molar-refractivity contribution is 5.69. The van der Waals surface area contributed by atoms with Crippen LogP contribution in [0.1, 0.15) is 53.4 Å². The van der Waals surface area contributed by atoms with E-state index in [-0.39, 0.29) is 46.9 Å². The summed E-state index contributed by atoms with van der Waals surface area (Å²) in [6.45, 7) is 13.3. The second kappa shape index (κ2) is 9.02. The van der Waals surface area contributed by atoms with Gasteiger partial charge in [0.2, 0.25) is 0 Å². The van der Waals surface area contributed by atoms with Gasteiger partial charge in [0, 0.05) is 33.3 Å². The Hall–Kier alpha value is -1.66. The molecule has 0 aromatic heterocycles. The molecule has 0 aromatic rings. The zero-order valence-corrected chi connectivity index (χ0v) is 21.9. The van der Waals surface area contributed by atoms with Crippen LogP contribution in [0.25, 0.3) is 0 Å². The number of methoxy groups -OCH3 is 1. The summed E-state index contributed by atoms with van der Waals surface area (Å²) in [7, 11) is 1.71. The molecule has 0 N–H and O–H groups in total. The molecule has 4 saturated heterocycles. The number of likely N-dealkylation sites (tertiary alicyclic amines) is 2. The van der Waals surface area contributed by atoms with Crippen molar-refractivity contribution in [3.63, 3.8) is 0 Å². The molecule has 6 atom stereocenters. The highest BCUT2D eigenvalue weighted by atomic mass is 16.6. The number of epoxide rings is 2. The Kier molecular flexibility index (Phi) is 6.45. The summed E-state index contributed by atoms with van der Waals surface area (Å²) in [5, 5.41) is 9.16. The van der Waals surface area contributed by atoms with E-state index in [4.69, 9.17) is 24.2 Å². The van der Waals surface area contributed by atoms with Crippen LogP contribution in [0.4, 0.5) is 4.79 Å². The molecule has 1 spiro atoms. The largest absolute Gasteiger partial charge is 0.443 e. The van der Waals surface area contributed by atoms with Gasteiger partial charge in [0.05, 0.1) is 30.1 Å². The highest BCUT2D eigenvalue weighted by Gasteiger charge is 2.72. The van der Waals surface area contributed by atoms with Crippen molar-refractivity contribution in [3.05, 3.63) is 11.6 Å². The maximum absolute atomic E-state index is 13.0. The lowest BCUT2D eigenvalue weighted by atomic mass is 9.68. The predicted octanol–water partition coefficient (Wildman–Crippen LogP) is 3.37. The first-order chi connectivity index (χ1) is 16.6. The van der Waals surface area contributed by atoms with Gasteiger partial charge < -0.3 is 28.7 Å². The van der Waals surface area contributed by atoms with E-state index in [2.05, 4.69) is 37.8 Å². The summed E-state index contributed by atoms with van der Waals surface area (Å²) in [6, 6.07) is 2.39. The van der Waals surface area contributed by atoms with Gasteiger partial charge in [-0.25, -0.2) is 4.79 Å². The lowest BCUT2D eigenvalue weighted by Gasteiger charge is -2.46. The summed E-state index contributed by atoms with van der Waals surface area (Å²) >= 11 is 0. The molecule has 0 unspecified atom stereocenters. The van der Waals surface area contributed by atoms with Crippen molar-refractivity contribution in [1.29, 1.82) is 5.26 Å². The smallest absolute Gasteiger partial charge is 0.410 e. The van der Waals surface area contributed by atoms with Crippen LogP contribution in [0, 0.1) is 28.6 Å². The van der Waals surface area contributed by atoms with E-state index in [0.29, 0.717) is 5.92 Å². The quantitative estimate of drug-likeness (QED) is 0.383. The third-order valence-electron chi connectivity index (χ3n) is 8.97. The van der Waals surface area contributed by atoms with Gasteiger partial charge in [0.25, 0.3) is 0 Å². The van der Waals surface area contributed by atoms with Crippen molar-refractivity contribution >= 4 is 6.09 Å². The number of hydrogen-bond acceptors (Lipinski definition) is 7. The van der Waals surface area contributed by atoms with Gasteiger partial charge in [0.1, 0.15) is 23.4 Å². The third kappa shape index (κ3) is 4.73. The molecule has 4 aliphatic heterocycles. The molecule has 35 heavy (non-hydrogen) atoms. The van der Waals surface area contributed by atoms with Gasteiger partial charge in [-0.15, -0.1) is 0 Å². The van der Waals surface area contributed by atoms with Crippen LogP contribution in [0.2, 0.25) is 0 Å². The van der Waals surface area contributed by atoms with Crippen LogP contribution in [-0.4, -0.2) is 91.8 Å². The minimum atomic E-state index is -0.325. The average molecular weight is 488 g/mol. The SMILES string of the molecule is CO[C@@H]1[C@H](OC(=O)N2CC(CCN3CC(C)(C#N)C3)C2)CC[C@]2(CO2)[C@H]1[C@@]1(C)O[C@@H]1CC=C(C)C. The molecule has 5 rings (SSSR count). The van der Waals surface area contributed by atoms with Crippen molar-refractivity contribution in [1.82, 2.24) is 9.80 Å². The maximum Gasteiger partial charge on any atom is 0.410 e. The summed E-state index contributed by atoms with van der Waals surface area (Å²) in [4.78, 5) is 17.1. The minimum Gasteiger partial charge on any atom is -0.443 e. The monoisotopic (exact) mass is 487 g/mol. The first-order valence-corrected chi connectivity index (χ1v) is 13.2. The molecule has 5 aliphatic rings. The molecule has 194 valence electrons. The van der Waals surface area contributed by atoms with Gasteiger partial charge >= 0.3 is 6.09 Å². The van der Waals surface area contributed by atoms with Gasteiger partial charge in [-0.3, -0.25) is 0 Å². The van der Waals surface area contributed by atoms with Crippen molar-refractivity contribution in [2.24, 2.45) is 17.3 Å². The fourth-order valence-electron chi connectivity index (χ4n) is 6.71. The summed E-state index contributed by atoms with van der Waals surface area (Å²) < 4.78 is 24.3. The lowest BCUT2D eigenvalue weighted by molar-refractivity contribution is -0.124.